The third-order valence-electron chi connectivity index (χ3n) is 3.66. The molecule has 3 N–H and O–H groups in total. The number of fused-ring (bicyclic) bond motifs is 1. The van der Waals surface area contributed by atoms with Gasteiger partial charge in [0, 0.05) is 10.8 Å². The van der Waals surface area contributed by atoms with Gasteiger partial charge in [-0.2, -0.15) is 21.9 Å². The smallest absolute Gasteiger partial charge is 0.298 e. The van der Waals surface area contributed by atoms with Crippen LogP contribution in [0.15, 0.2) is 74.6 Å². The summed E-state index contributed by atoms with van der Waals surface area (Å²) in [5.74, 6) is -0.607. The van der Waals surface area contributed by atoms with E-state index in [4.69, 9.17) is 9.11 Å². The lowest BCUT2D eigenvalue weighted by molar-refractivity contribution is 0.448. The quantitative estimate of drug-likeness (QED) is 0.441. The van der Waals surface area contributed by atoms with E-state index in [1.807, 2.05) is 0 Å². The highest BCUT2D eigenvalue weighted by Gasteiger charge is 2.18. The minimum atomic E-state index is -4.58. The van der Waals surface area contributed by atoms with E-state index >= 15 is 0 Å². The van der Waals surface area contributed by atoms with E-state index in [2.05, 4.69) is 10.2 Å². The van der Waals surface area contributed by atoms with Gasteiger partial charge in [0.05, 0.1) is 16.3 Å². The molecule has 0 spiro atoms. The van der Waals surface area contributed by atoms with Gasteiger partial charge in [-0.25, -0.2) is 0 Å². The second-order valence-electron chi connectivity index (χ2n) is 5.43. The van der Waals surface area contributed by atoms with Crippen molar-refractivity contribution >= 4 is 42.4 Å². The first-order valence-electron chi connectivity index (χ1n) is 7.29. The van der Waals surface area contributed by atoms with Crippen molar-refractivity contribution in [3.8, 4) is 5.75 Å². The van der Waals surface area contributed by atoms with Gasteiger partial charge in [-0.05, 0) is 36.4 Å². The van der Waals surface area contributed by atoms with Crippen LogP contribution in [0.3, 0.4) is 0 Å². The first-order valence-corrected chi connectivity index (χ1v) is 10.2. The predicted molar refractivity (Wildman–Crippen MR) is 95.9 cm³/mol. The highest BCUT2D eigenvalue weighted by atomic mass is 32.2. The van der Waals surface area contributed by atoms with Gasteiger partial charge in [0.25, 0.3) is 20.2 Å². The molecule has 0 saturated heterocycles. The van der Waals surface area contributed by atoms with E-state index in [1.54, 1.807) is 6.07 Å². The van der Waals surface area contributed by atoms with Gasteiger partial charge in [0.2, 0.25) is 0 Å². The standard InChI is InChI=1S/C16H12N2O7S2/c19-16-13-2-1-3-14(12(13)8-9-15(16)27(23,24)25)18-17-10-4-6-11(7-5-10)26(20,21)22/h1-9,19H,(H,20,21,22)(H,23,24,25). The maximum atomic E-state index is 11.3. The van der Waals surface area contributed by atoms with Crippen molar-refractivity contribution in [3.63, 3.8) is 0 Å². The Morgan fingerprint density at radius 1 is 0.704 bits per heavy atom. The summed E-state index contributed by atoms with van der Waals surface area (Å²) >= 11 is 0. The maximum absolute atomic E-state index is 11.3. The van der Waals surface area contributed by atoms with Crippen molar-refractivity contribution in [1.82, 2.24) is 0 Å². The Kier molecular flexibility index (Phi) is 4.70. The molecule has 0 unspecified atom stereocenters. The third-order valence-corrected chi connectivity index (χ3v) is 5.41. The molecule has 9 nitrogen and oxygen atoms in total. The van der Waals surface area contributed by atoms with Crippen LogP contribution < -0.4 is 0 Å². The summed E-state index contributed by atoms with van der Waals surface area (Å²) in [6.45, 7) is 0. The van der Waals surface area contributed by atoms with Gasteiger partial charge < -0.3 is 5.11 Å². The number of azo groups is 1. The van der Waals surface area contributed by atoms with Crippen molar-refractivity contribution in [3.05, 3.63) is 54.6 Å². The number of hydrogen-bond acceptors (Lipinski definition) is 7. The van der Waals surface area contributed by atoms with Crippen LogP contribution in [0.2, 0.25) is 0 Å². The predicted octanol–water partition coefficient (Wildman–Crippen LogP) is 3.45. The van der Waals surface area contributed by atoms with Crippen LogP contribution in [-0.2, 0) is 20.2 Å². The molecule has 3 aromatic carbocycles. The van der Waals surface area contributed by atoms with Crippen molar-refractivity contribution in [1.29, 1.82) is 0 Å². The van der Waals surface area contributed by atoms with E-state index < -0.39 is 30.9 Å². The first kappa shape index (κ1) is 18.9. The highest BCUT2D eigenvalue weighted by Crippen LogP contribution is 2.36. The van der Waals surface area contributed by atoms with Crippen molar-refractivity contribution in [2.24, 2.45) is 10.2 Å². The lowest BCUT2D eigenvalue weighted by Crippen LogP contribution is -1.98. The Hall–Kier alpha value is -2.86. The molecule has 0 aliphatic rings. The van der Waals surface area contributed by atoms with Gasteiger partial charge in [-0.3, -0.25) is 9.11 Å². The summed E-state index contributed by atoms with van der Waals surface area (Å²) in [4.78, 5) is -0.904. The second-order valence-corrected chi connectivity index (χ2v) is 8.24. The van der Waals surface area contributed by atoms with Crippen LogP contribution in [0.4, 0.5) is 11.4 Å². The number of benzene rings is 3. The number of nitrogens with zero attached hydrogens (tertiary/aromatic N) is 2. The topological polar surface area (TPSA) is 154 Å². The van der Waals surface area contributed by atoms with Crippen molar-refractivity contribution in [2.75, 3.05) is 0 Å². The average Bonchev–Trinajstić information content (AvgIpc) is 2.59. The number of phenolic OH excluding ortho intramolecular Hbond substituents is 1. The Morgan fingerprint density at radius 3 is 1.96 bits per heavy atom. The monoisotopic (exact) mass is 408 g/mol. The summed E-state index contributed by atoms with van der Waals surface area (Å²) in [5, 5.41) is 18.6. The van der Waals surface area contributed by atoms with Crippen LogP contribution in [0.5, 0.6) is 5.75 Å². The summed E-state index contributed by atoms with van der Waals surface area (Å²) in [6.07, 6.45) is 0. The molecule has 0 aliphatic carbocycles. The number of aromatic hydroxyl groups is 1. The summed E-state index contributed by atoms with van der Waals surface area (Å²) in [7, 11) is -8.89. The molecule has 0 heterocycles. The molecule has 0 aromatic heterocycles. The maximum Gasteiger partial charge on any atom is 0.298 e. The van der Waals surface area contributed by atoms with E-state index in [1.165, 1.54) is 30.3 Å². The SMILES string of the molecule is O=S(=O)(O)c1ccc(N=Nc2cccc3c(O)c(S(=O)(=O)O)ccc23)cc1. The van der Waals surface area contributed by atoms with Crippen LogP contribution in [0, 0.1) is 0 Å². The average molecular weight is 408 g/mol. The molecule has 3 aromatic rings. The molecular weight excluding hydrogens is 396 g/mol. The van der Waals surface area contributed by atoms with Gasteiger partial charge in [-0.1, -0.05) is 18.2 Å². The highest BCUT2D eigenvalue weighted by molar-refractivity contribution is 7.86. The first-order chi connectivity index (χ1) is 12.6. The Morgan fingerprint density at radius 2 is 1.37 bits per heavy atom. The minimum absolute atomic E-state index is 0.156. The van der Waals surface area contributed by atoms with E-state index in [9.17, 15) is 21.9 Å². The molecule has 0 bridgehead atoms. The molecule has 0 atom stereocenters. The number of phenols is 1. The van der Waals surface area contributed by atoms with Crippen LogP contribution >= 0.6 is 0 Å². The third kappa shape index (κ3) is 3.95. The van der Waals surface area contributed by atoms with Gasteiger partial charge in [0.15, 0.2) is 0 Å². The zero-order valence-electron chi connectivity index (χ0n) is 13.4. The van der Waals surface area contributed by atoms with Gasteiger partial charge in [0.1, 0.15) is 10.6 Å². The van der Waals surface area contributed by atoms with Crippen molar-refractivity contribution in [2.45, 2.75) is 9.79 Å². The number of hydrogen-bond donors (Lipinski definition) is 3. The normalized spacial score (nSPS) is 12.7. The minimum Gasteiger partial charge on any atom is -0.506 e. The number of rotatable bonds is 4. The molecule has 0 amide bonds. The van der Waals surface area contributed by atoms with Crippen LogP contribution in [0.25, 0.3) is 10.8 Å². The molecular formula is C16H12N2O7S2. The van der Waals surface area contributed by atoms with Crippen molar-refractivity contribution < 1.29 is 31.0 Å². The molecule has 11 heteroatoms. The van der Waals surface area contributed by atoms with E-state index in [0.29, 0.717) is 16.8 Å². The van der Waals surface area contributed by atoms with Gasteiger partial charge in [-0.15, -0.1) is 5.11 Å². The van der Waals surface area contributed by atoms with Crippen LogP contribution in [-0.4, -0.2) is 31.0 Å². The Balaban J connectivity index is 2.03. The summed E-state index contributed by atoms with van der Waals surface area (Å²) in [5.41, 5.74) is 0.613. The fourth-order valence-electron chi connectivity index (χ4n) is 2.40. The molecule has 140 valence electrons. The zero-order chi connectivity index (χ0) is 19.8. The van der Waals surface area contributed by atoms with Crippen LogP contribution in [0.1, 0.15) is 0 Å². The summed E-state index contributed by atoms with van der Waals surface area (Å²) < 4.78 is 62.7. The Labute approximate surface area is 154 Å². The zero-order valence-corrected chi connectivity index (χ0v) is 15.0. The van der Waals surface area contributed by atoms with E-state index in [0.717, 1.165) is 18.2 Å². The molecule has 27 heavy (non-hydrogen) atoms. The summed E-state index contributed by atoms with van der Waals surface area (Å²) in [6, 6.07) is 12.0. The molecule has 0 fully saturated rings. The fraction of sp³-hybridized carbons (Fsp3) is 0. The Bertz CT molecular complexity index is 1270. The lowest BCUT2D eigenvalue weighted by atomic mass is 10.1. The second kappa shape index (κ2) is 6.70. The molecule has 0 saturated carbocycles. The molecule has 3 rings (SSSR count). The molecule has 0 radical (unpaired) electrons. The lowest BCUT2D eigenvalue weighted by Gasteiger charge is -2.07. The fourth-order valence-corrected chi connectivity index (χ4v) is 3.47. The largest absolute Gasteiger partial charge is 0.506 e. The van der Waals surface area contributed by atoms with E-state index in [-0.39, 0.29) is 10.3 Å². The molecule has 0 aliphatic heterocycles. The van der Waals surface area contributed by atoms with Gasteiger partial charge >= 0.3 is 0 Å².